The molecule has 2 aromatic rings. The van der Waals surface area contributed by atoms with Gasteiger partial charge in [0.2, 0.25) is 11.8 Å². The van der Waals surface area contributed by atoms with E-state index in [-0.39, 0.29) is 19.4 Å². The summed E-state index contributed by atoms with van der Waals surface area (Å²) in [6.07, 6.45) is 0.577. The Labute approximate surface area is 152 Å². The van der Waals surface area contributed by atoms with Crippen molar-refractivity contribution in [1.29, 1.82) is 0 Å². The molecule has 0 aromatic heterocycles. The van der Waals surface area contributed by atoms with Crippen LogP contribution in [0.2, 0.25) is 5.02 Å². The number of carbonyl (C=O) groups excluding carboxylic acids is 2. The number of halogens is 4. The van der Waals surface area contributed by atoms with Gasteiger partial charge in [0.15, 0.2) is 17.5 Å². The minimum absolute atomic E-state index is 0.199. The molecule has 1 fully saturated rings. The molecule has 0 saturated heterocycles. The first kappa shape index (κ1) is 18.3. The number of rotatable bonds is 5. The highest BCUT2D eigenvalue weighted by Crippen LogP contribution is 2.47. The quantitative estimate of drug-likeness (QED) is 0.610. The van der Waals surface area contributed by atoms with Crippen molar-refractivity contribution in [1.82, 2.24) is 5.32 Å². The Morgan fingerprint density at radius 2 is 1.62 bits per heavy atom. The molecule has 2 aromatic carbocycles. The van der Waals surface area contributed by atoms with Gasteiger partial charge in [0, 0.05) is 11.6 Å². The number of anilines is 1. The van der Waals surface area contributed by atoms with Gasteiger partial charge in [0.1, 0.15) is 5.41 Å². The fourth-order valence-electron chi connectivity index (χ4n) is 2.50. The fraction of sp³-hybridized carbons (Fsp3) is 0.222. The Morgan fingerprint density at radius 3 is 2.23 bits per heavy atom. The normalized spacial score (nSPS) is 14.6. The van der Waals surface area contributed by atoms with Crippen LogP contribution < -0.4 is 10.6 Å². The van der Waals surface area contributed by atoms with E-state index in [0.717, 1.165) is 11.6 Å². The SMILES string of the molecule is O=C(NCc1ccc(Cl)cc1)C1(C(=O)Nc2ccc(F)c(F)c2F)CC1. The molecule has 0 radical (unpaired) electrons. The summed E-state index contributed by atoms with van der Waals surface area (Å²) in [7, 11) is 0. The lowest BCUT2D eigenvalue weighted by atomic mass is 10.0. The van der Waals surface area contributed by atoms with Crippen molar-refractivity contribution in [3.8, 4) is 0 Å². The van der Waals surface area contributed by atoms with Crippen LogP contribution in [0.3, 0.4) is 0 Å². The van der Waals surface area contributed by atoms with Crippen LogP contribution in [0, 0.1) is 22.9 Å². The lowest BCUT2D eigenvalue weighted by molar-refractivity contribution is -0.134. The van der Waals surface area contributed by atoms with Crippen molar-refractivity contribution in [3.63, 3.8) is 0 Å². The molecule has 2 amide bonds. The summed E-state index contributed by atoms with van der Waals surface area (Å²) >= 11 is 5.79. The molecule has 26 heavy (non-hydrogen) atoms. The summed E-state index contributed by atoms with van der Waals surface area (Å²) in [6.45, 7) is 0.199. The lowest BCUT2D eigenvalue weighted by Crippen LogP contribution is -2.39. The molecule has 0 bridgehead atoms. The molecule has 2 N–H and O–H groups in total. The number of carbonyl (C=O) groups is 2. The molecule has 0 unspecified atom stereocenters. The van der Waals surface area contributed by atoms with E-state index in [9.17, 15) is 22.8 Å². The van der Waals surface area contributed by atoms with E-state index < -0.39 is 40.4 Å². The Morgan fingerprint density at radius 1 is 0.962 bits per heavy atom. The molecule has 136 valence electrons. The molecule has 4 nitrogen and oxygen atoms in total. The first-order valence-corrected chi connectivity index (χ1v) is 8.19. The van der Waals surface area contributed by atoms with Crippen LogP contribution in [0.1, 0.15) is 18.4 Å². The summed E-state index contributed by atoms with van der Waals surface area (Å²) in [5, 5.41) is 5.38. The number of hydrogen-bond acceptors (Lipinski definition) is 2. The highest BCUT2D eigenvalue weighted by molar-refractivity contribution is 6.30. The van der Waals surface area contributed by atoms with Gasteiger partial charge >= 0.3 is 0 Å². The van der Waals surface area contributed by atoms with Gasteiger partial charge < -0.3 is 10.6 Å². The van der Waals surface area contributed by atoms with Crippen LogP contribution in [0.4, 0.5) is 18.9 Å². The van der Waals surface area contributed by atoms with Crippen LogP contribution in [0.15, 0.2) is 36.4 Å². The molecule has 0 spiro atoms. The Bertz CT molecular complexity index is 867. The number of nitrogens with one attached hydrogen (secondary N) is 2. The van der Waals surface area contributed by atoms with Gasteiger partial charge in [-0.15, -0.1) is 0 Å². The molecule has 8 heteroatoms. The predicted octanol–water partition coefficient (Wildman–Crippen LogP) is 3.79. The smallest absolute Gasteiger partial charge is 0.240 e. The zero-order valence-electron chi connectivity index (χ0n) is 13.4. The van der Waals surface area contributed by atoms with E-state index in [0.29, 0.717) is 11.1 Å². The largest absolute Gasteiger partial charge is 0.351 e. The van der Waals surface area contributed by atoms with E-state index in [4.69, 9.17) is 11.6 Å². The average Bonchev–Trinajstić information content (AvgIpc) is 3.43. The zero-order chi connectivity index (χ0) is 18.9. The molecule has 1 saturated carbocycles. The van der Waals surface area contributed by atoms with Crippen molar-refractivity contribution in [2.75, 3.05) is 5.32 Å². The summed E-state index contributed by atoms with van der Waals surface area (Å²) in [4.78, 5) is 24.7. The van der Waals surface area contributed by atoms with E-state index in [2.05, 4.69) is 10.6 Å². The molecular formula is C18H14ClF3N2O2. The van der Waals surface area contributed by atoms with Gasteiger partial charge in [-0.2, -0.15) is 0 Å². The lowest BCUT2D eigenvalue weighted by Gasteiger charge is -2.16. The van der Waals surface area contributed by atoms with E-state index in [1.807, 2.05) is 0 Å². The monoisotopic (exact) mass is 382 g/mol. The average molecular weight is 383 g/mol. The summed E-state index contributed by atoms with van der Waals surface area (Å²) < 4.78 is 39.9. The third-order valence-corrected chi connectivity index (χ3v) is 4.52. The topological polar surface area (TPSA) is 58.2 Å². The number of benzene rings is 2. The fourth-order valence-corrected chi connectivity index (χ4v) is 2.63. The molecule has 3 rings (SSSR count). The minimum atomic E-state index is -1.68. The van der Waals surface area contributed by atoms with Crippen LogP contribution in [0.5, 0.6) is 0 Å². The van der Waals surface area contributed by atoms with Crippen LogP contribution in [-0.2, 0) is 16.1 Å². The second kappa shape index (κ2) is 6.99. The second-order valence-electron chi connectivity index (χ2n) is 6.07. The van der Waals surface area contributed by atoms with Crippen molar-refractivity contribution >= 4 is 29.1 Å². The van der Waals surface area contributed by atoms with E-state index >= 15 is 0 Å². The molecule has 1 aliphatic carbocycles. The molecular weight excluding hydrogens is 369 g/mol. The zero-order valence-corrected chi connectivity index (χ0v) is 14.2. The van der Waals surface area contributed by atoms with Gasteiger partial charge in [0.25, 0.3) is 0 Å². The van der Waals surface area contributed by atoms with Crippen LogP contribution >= 0.6 is 11.6 Å². The van der Waals surface area contributed by atoms with Crippen LogP contribution in [0.25, 0.3) is 0 Å². The Balaban J connectivity index is 1.66. The van der Waals surface area contributed by atoms with Gasteiger partial charge in [-0.05, 0) is 42.7 Å². The third kappa shape index (κ3) is 3.53. The number of amides is 2. The highest BCUT2D eigenvalue weighted by atomic mass is 35.5. The maximum absolute atomic E-state index is 13.7. The molecule has 0 atom stereocenters. The second-order valence-corrected chi connectivity index (χ2v) is 6.50. The first-order chi connectivity index (χ1) is 12.3. The maximum Gasteiger partial charge on any atom is 0.240 e. The third-order valence-electron chi connectivity index (χ3n) is 4.27. The maximum atomic E-state index is 13.7. The van der Waals surface area contributed by atoms with E-state index in [1.54, 1.807) is 24.3 Å². The highest BCUT2D eigenvalue weighted by Gasteiger charge is 2.56. The Hall–Kier alpha value is -2.54. The molecule has 0 heterocycles. The van der Waals surface area contributed by atoms with Crippen LogP contribution in [-0.4, -0.2) is 11.8 Å². The van der Waals surface area contributed by atoms with Gasteiger partial charge in [-0.3, -0.25) is 9.59 Å². The summed E-state index contributed by atoms with van der Waals surface area (Å²) in [5.74, 6) is -5.80. The van der Waals surface area contributed by atoms with Gasteiger partial charge in [0.05, 0.1) is 5.69 Å². The first-order valence-electron chi connectivity index (χ1n) is 7.81. The van der Waals surface area contributed by atoms with Crippen molar-refractivity contribution in [3.05, 3.63) is 64.4 Å². The summed E-state index contributed by atoms with van der Waals surface area (Å²) in [5.41, 5.74) is -1.04. The summed E-state index contributed by atoms with van der Waals surface area (Å²) in [6, 6.07) is 8.43. The van der Waals surface area contributed by atoms with E-state index in [1.165, 1.54) is 0 Å². The van der Waals surface area contributed by atoms with Crippen molar-refractivity contribution in [2.45, 2.75) is 19.4 Å². The molecule has 1 aliphatic rings. The molecule has 0 aliphatic heterocycles. The predicted molar refractivity (Wildman–Crippen MR) is 89.9 cm³/mol. The Kier molecular flexibility index (Phi) is 4.91. The minimum Gasteiger partial charge on any atom is -0.351 e. The van der Waals surface area contributed by atoms with Crippen molar-refractivity contribution in [2.24, 2.45) is 5.41 Å². The van der Waals surface area contributed by atoms with Gasteiger partial charge in [-0.1, -0.05) is 23.7 Å². The van der Waals surface area contributed by atoms with Gasteiger partial charge in [-0.25, -0.2) is 13.2 Å². The van der Waals surface area contributed by atoms with Crippen molar-refractivity contribution < 1.29 is 22.8 Å². The number of hydrogen-bond donors (Lipinski definition) is 2. The standard InChI is InChI=1S/C18H14ClF3N2O2/c19-11-3-1-10(2-4-11)9-23-16(25)18(7-8-18)17(26)24-13-6-5-12(20)14(21)15(13)22/h1-6H,7-9H2,(H,23,25)(H,24,26).